The van der Waals surface area contributed by atoms with Crippen molar-refractivity contribution in [1.29, 1.82) is 0 Å². The van der Waals surface area contributed by atoms with E-state index in [1.165, 1.54) is 0 Å². The van der Waals surface area contributed by atoms with Crippen LogP contribution in [0.3, 0.4) is 0 Å². The van der Waals surface area contributed by atoms with Gasteiger partial charge in [-0.25, -0.2) is 0 Å². The van der Waals surface area contributed by atoms with E-state index in [1.54, 1.807) is 0 Å². The molecule has 0 amide bonds. The zero-order valence-electron chi connectivity index (χ0n) is 12.8. The van der Waals surface area contributed by atoms with Gasteiger partial charge in [-0.3, -0.25) is 9.69 Å². The van der Waals surface area contributed by atoms with Gasteiger partial charge in [0.1, 0.15) is 0 Å². The Morgan fingerprint density at radius 1 is 1.18 bits per heavy atom. The molecule has 0 radical (unpaired) electrons. The molecule has 1 aliphatic heterocycles. The van der Waals surface area contributed by atoms with Crippen LogP contribution in [0.2, 0.25) is 0 Å². The van der Waals surface area contributed by atoms with Crippen LogP contribution < -0.4 is 0 Å². The summed E-state index contributed by atoms with van der Waals surface area (Å²) in [6, 6.07) is 10.0. The van der Waals surface area contributed by atoms with Gasteiger partial charge in [0.25, 0.3) is 0 Å². The number of nitrogens with zero attached hydrogens (tertiary/aromatic N) is 1. The van der Waals surface area contributed by atoms with Gasteiger partial charge in [-0.2, -0.15) is 0 Å². The molecule has 1 saturated carbocycles. The van der Waals surface area contributed by atoms with Crippen molar-refractivity contribution in [2.24, 2.45) is 0 Å². The van der Waals surface area contributed by atoms with Crippen molar-refractivity contribution < 1.29 is 14.3 Å². The van der Waals surface area contributed by atoms with E-state index < -0.39 is 0 Å². The van der Waals surface area contributed by atoms with Crippen molar-refractivity contribution in [2.45, 2.75) is 24.7 Å². The highest BCUT2D eigenvalue weighted by atomic mass is 35.5. The lowest BCUT2D eigenvalue weighted by Crippen LogP contribution is -2.37. The minimum absolute atomic E-state index is 0. The molecular formula is C17H24ClNO3. The molecule has 0 bridgehead atoms. The summed E-state index contributed by atoms with van der Waals surface area (Å²) in [7, 11) is 0. The Morgan fingerprint density at radius 3 is 2.50 bits per heavy atom. The van der Waals surface area contributed by atoms with Gasteiger partial charge in [0, 0.05) is 19.6 Å². The van der Waals surface area contributed by atoms with Crippen LogP contribution in [-0.4, -0.2) is 50.3 Å². The van der Waals surface area contributed by atoms with E-state index in [2.05, 4.69) is 4.90 Å². The van der Waals surface area contributed by atoms with Crippen molar-refractivity contribution >= 4 is 18.4 Å². The third-order valence-electron chi connectivity index (χ3n) is 4.42. The Bertz CT molecular complexity index is 470. The Labute approximate surface area is 138 Å². The molecule has 0 atom stereocenters. The first-order chi connectivity index (χ1) is 10.3. The van der Waals surface area contributed by atoms with Crippen LogP contribution in [0.25, 0.3) is 0 Å². The maximum Gasteiger partial charge on any atom is 0.316 e. The molecule has 2 fully saturated rings. The molecule has 1 aromatic rings. The number of rotatable bonds is 6. The fraction of sp³-hybridized carbons (Fsp3) is 0.588. The average molecular weight is 326 g/mol. The molecule has 122 valence electrons. The number of ether oxygens (including phenoxy) is 2. The summed E-state index contributed by atoms with van der Waals surface area (Å²) in [5, 5.41) is 0. The van der Waals surface area contributed by atoms with Gasteiger partial charge < -0.3 is 9.47 Å². The second kappa shape index (κ2) is 7.95. The minimum Gasteiger partial charge on any atom is -0.465 e. The highest BCUT2D eigenvalue weighted by Gasteiger charge is 2.52. The molecule has 0 spiro atoms. The van der Waals surface area contributed by atoms with Crippen molar-refractivity contribution in [3.8, 4) is 0 Å². The Morgan fingerprint density at radius 2 is 1.86 bits per heavy atom. The van der Waals surface area contributed by atoms with Crippen LogP contribution >= 0.6 is 12.4 Å². The van der Waals surface area contributed by atoms with E-state index in [1.807, 2.05) is 30.3 Å². The molecule has 4 nitrogen and oxygen atoms in total. The first-order valence-electron chi connectivity index (χ1n) is 7.84. The summed E-state index contributed by atoms with van der Waals surface area (Å²) in [6.07, 6.45) is 2.73. The number of halogens is 1. The van der Waals surface area contributed by atoms with Gasteiger partial charge in [0.15, 0.2) is 0 Å². The average Bonchev–Trinajstić information content (AvgIpc) is 3.35. The second-order valence-corrected chi connectivity index (χ2v) is 5.89. The number of hydrogen-bond donors (Lipinski definition) is 0. The quantitative estimate of drug-likeness (QED) is 0.595. The predicted molar refractivity (Wildman–Crippen MR) is 87.4 cm³/mol. The summed E-state index contributed by atoms with van der Waals surface area (Å²) in [5.74, 6) is -0.0457. The number of carbonyl (C=O) groups is 1. The predicted octanol–water partition coefficient (Wildman–Crippen LogP) is 2.41. The smallest absolute Gasteiger partial charge is 0.316 e. The molecule has 22 heavy (non-hydrogen) atoms. The van der Waals surface area contributed by atoms with Gasteiger partial charge in [0.05, 0.1) is 25.2 Å². The number of morpholine rings is 1. The normalized spacial score (nSPS) is 20.0. The topological polar surface area (TPSA) is 38.8 Å². The third kappa shape index (κ3) is 4.00. The highest BCUT2D eigenvalue weighted by Crippen LogP contribution is 2.49. The van der Waals surface area contributed by atoms with Gasteiger partial charge in [-0.05, 0) is 24.8 Å². The van der Waals surface area contributed by atoms with Crippen LogP contribution in [0.1, 0.15) is 24.8 Å². The maximum atomic E-state index is 12.3. The van der Waals surface area contributed by atoms with Gasteiger partial charge in [-0.1, -0.05) is 30.3 Å². The highest BCUT2D eigenvalue weighted by molar-refractivity contribution is 5.86. The van der Waals surface area contributed by atoms with E-state index in [0.29, 0.717) is 6.61 Å². The SMILES string of the molecule is Cl.O=C(OCCCN1CCOCC1)C1(c2ccccc2)CC1. The van der Waals surface area contributed by atoms with Gasteiger partial charge in [0.2, 0.25) is 0 Å². The molecular weight excluding hydrogens is 302 g/mol. The standard InChI is InChI=1S/C17H23NO3.ClH/c19-16(17(7-8-17)15-5-2-1-3-6-15)21-12-4-9-18-10-13-20-14-11-18;/h1-3,5-6H,4,7-14H2;1H. The molecule has 1 saturated heterocycles. The zero-order valence-corrected chi connectivity index (χ0v) is 13.6. The summed E-state index contributed by atoms with van der Waals surface area (Å²) in [4.78, 5) is 14.7. The summed E-state index contributed by atoms with van der Waals surface area (Å²) in [5.41, 5.74) is 0.753. The van der Waals surface area contributed by atoms with E-state index in [4.69, 9.17) is 9.47 Å². The molecule has 0 N–H and O–H groups in total. The van der Waals surface area contributed by atoms with Crippen molar-refractivity contribution in [2.75, 3.05) is 39.5 Å². The number of esters is 1. The molecule has 5 heteroatoms. The lowest BCUT2D eigenvalue weighted by molar-refractivity contribution is -0.147. The molecule has 0 unspecified atom stereocenters. The van der Waals surface area contributed by atoms with Gasteiger partial charge in [-0.15, -0.1) is 12.4 Å². The summed E-state index contributed by atoms with van der Waals surface area (Å²) < 4.78 is 10.8. The number of benzene rings is 1. The zero-order chi connectivity index (χ0) is 14.5. The maximum absolute atomic E-state index is 12.3. The van der Waals surface area contributed by atoms with Crippen LogP contribution in [-0.2, 0) is 19.7 Å². The lowest BCUT2D eigenvalue weighted by Gasteiger charge is -2.26. The van der Waals surface area contributed by atoms with Crippen LogP contribution in [0.5, 0.6) is 0 Å². The molecule has 0 aromatic heterocycles. The van der Waals surface area contributed by atoms with E-state index in [-0.39, 0.29) is 23.8 Å². The molecule has 1 aliphatic carbocycles. The largest absolute Gasteiger partial charge is 0.465 e. The monoisotopic (exact) mass is 325 g/mol. The minimum atomic E-state index is -0.347. The van der Waals surface area contributed by atoms with Gasteiger partial charge >= 0.3 is 5.97 Å². The molecule has 3 rings (SSSR count). The van der Waals surface area contributed by atoms with Crippen LogP contribution in [0, 0.1) is 0 Å². The van der Waals surface area contributed by atoms with E-state index in [0.717, 1.165) is 57.7 Å². The third-order valence-corrected chi connectivity index (χ3v) is 4.42. The summed E-state index contributed by atoms with van der Waals surface area (Å²) >= 11 is 0. The Kier molecular flexibility index (Phi) is 6.24. The van der Waals surface area contributed by atoms with Crippen molar-refractivity contribution in [1.82, 2.24) is 4.90 Å². The van der Waals surface area contributed by atoms with Crippen LogP contribution in [0.4, 0.5) is 0 Å². The molecule has 1 aromatic carbocycles. The Hall–Kier alpha value is -1.10. The number of carbonyl (C=O) groups excluding carboxylic acids is 1. The van der Waals surface area contributed by atoms with E-state index in [9.17, 15) is 4.79 Å². The molecule has 2 aliphatic rings. The second-order valence-electron chi connectivity index (χ2n) is 5.89. The first-order valence-corrected chi connectivity index (χ1v) is 7.84. The van der Waals surface area contributed by atoms with Crippen LogP contribution in [0.15, 0.2) is 30.3 Å². The fourth-order valence-corrected chi connectivity index (χ4v) is 2.91. The lowest BCUT2D eigenvalue weighted by atomic mass is 9.96. The Balaban J connectivity index is 0.00000176. The number of hydrogen-bond acceptors (Lipinski definition) is 4. The first kappa shape index (κ1) is 17.3. The molecule has 1 heterocycles. The summed E-state index contributed by atoms with van der Waals surface area (Å²) in [6.45, 7) is 5.11. The van der Waals surface area contributed by atoms with Crippen molar-refractivity contribution in [3.05, 3.63) is 35.9 Å². The van der Waals surface area contributed by atoms with Crippen molar-refractivity contribution in [3.63, 3.8) is 0 Å². The van der Waals surface area contributed by atoms with E-state index >= 15 is 0 Å². The fourth-order valence-electron chi connectivity index (χ4n) is 2.91.